The topological polar surface area (TPSA) is 91.2 Å². The van der Waals surface area contributed by atoms with E-state index < -0.39 is 11.8 Å². The molecule has 0 bridgehead atoms. The molecule has 0 aromatic heterocycles. The van der Waals surface area contributed by atoms with E-state index in [9.17, 15) is 9.59 Å². The van der Waals surface area contributed by atoms with Gasteiger partial charge in [0, 0.05) is 10.6 Å². The van der Waals surface area contributed by atoms with E-state index >= 15 is 0 Å². The largest absolute Gasteiger partial charge is 0.484 e. The molecule has 0 heterocycles. The van der Waals surface area contributed by atoms with E-state index in [2.05, 4.69) is 10.9 Å². The van der Waals surface area contributed by atoms with Crippen LogP contribution >= 0.6 is 11.6 Å². The average molecular weight is 330 g/mol. The second-order valence-electron chi connectivity index (χ2n) is 4.43. The van der Waals surface area contributed by atoms with Crippen LogP contribution in [0.5, 0.6) is 5.75 Å². The molecule has 23 heavy (non-hydrogen) atoms. The molecular weight excluding hydrogens is 318 g/mol. The highest BCUT2D eigenvalue weighted by Gasteiger charge is 2.07. The molecule has 2 aromatic carbocycles. The van der Waals surface area contributed by atoms with Gasteiger partial charge < -0.3 is 4.74 Å². The van der Waals surface area contributed by atoms with Gasteiger partial charge in [-0.3, -0.25) is 20.4 Å². The van der Waals surface area contributed by atoms with Gasteiger partial charge in [0.15, 0.2) is 6.61 Å². The molecule has 2 aromatic rings. The lowest BCUT2D eigenvalue weighted by atomic mass is 10.2. The van der Waals surface area contributed by atoms with Crippen LogP contribution in [0, 0.1) is 11.3 Å². The second-order valence-corrected chi connectivity index (χ2v) is 4.87. The lowest BCUT2D eigenvalue weighted by Gasteiger charge is -2.09. The van der Waals surface area contributed by atoms with E-state index in [-0.39, 0.29) is 6.61 Å². The number of benzene rings is 2. The number of nitriles is 1. The summed E-state index contributed by atoms with van der Waals surface area (Å²) in [5.41, 5.74) is 5.37. The van der Waals surface area contributed by atoms with E-state index in [4.69, 9.17) is 21.6 Å². The van der Waals surface area contributed by atoms with Crippen molar-refractivity contribution < 1.29 is 14.3 Å². The molecule has 6 nitrogen and oxygen atoms in total. The number of amides is 2. The third-order valence-corrected chi connectivity index (χ3v) is 3.03. The Morgan fingerprint density at radius 3 is 2.30 bits per heavy atom. The normalized spacial score (nSPS) is 9.57. The van der Waals surface area contributed by atoms with Gasteiger partial charge in [-0.25, -0.2) is 0 Å². The molecule has 116 valence electrons. The molecule has 2 amide bonds. The summed E-state index contributed by atoms with van der Waals surface area (Å²) in [4.78, 5) is 23.4. The summed E-state index contributed by atoms with van der Waals surface area (Å²) in [5, 5.41) is 9.19. The average Bonchev–Trinajstić information content (AvgIpc) is 2.59. The first-order valence-electron chi connectivity index (χ1n) is 6.56. The number of hydrazine groups is 1. The van der Waals surface area contributed by atoms with Gasteiger partial charge >= 0.3 is 0 Å². The molecule has 0 aliphatic heterocycles. The zero-order valence-electron chi connectivity index (χ0n) is 11.9. The Balaban J connectivity index is 1.77. The molecule has 0 saturated carbocycles. The first-order chi connectivity index (χ1) is 11.1. The van der Waals surface area contributed by atoms with E-state index in [0.29, 0.717) is 21.9 Å². The standard InChI is InChI=1S/C16H12ClN3O3/c17-13-5-3-12(4-6-13)16(22)20-19-15(21)10-23-14-7-1-11(9-18)2-8-14/h1-8H,10H2,(H,19,21)(H,20,22). The number of nitrogens with one attached hydrogen (secondary N) is 2. The maximum atomic E-state index is 11.8. The predicted molar refractivity (Wildman–Crippen MR) is 83.7 cm³/mol. The maximum Gasteiger partial charge on any atom is 0.276 e. The van der Waals surface area contributed by atoms with Crippen molar-refractivity contribution in [1.29, 1.82) is 5.26 Å². The Kier molecular flexibility index (Phi) is 5.56. The zero-order valence-corrected chi connectivity index (χ0v) is 12.6. The molecule has 2 rings (SSSR count). The number of halogens is 1. The minimum atomic E-state index is -0.517. The van der Waals surface area contributed by atoms with Crippen LogP contribution in [-0.4, -0.2) is 18.4 Å². The van der Waals surface area contributed by atoms with Crippen LogP contribution in [0.15, 0.2) is 48.5 Å². The van der Waals surface area contributed by atoms with Crippen molar-refractivity contribution in [3.05, 3.63) is 64.7 Å². The summed E-state index contributed by atoms with van der Waals surface area (Å²) >= 11 is 5.73. The minimum Gasteiger partial charge on any atom is -0.484 e. The first kappa shape index (κ1) is 16.3. The van der Waals surface area contributed by atoms with Crippen LogP contribution in [-0.2, 0) is 4.79 Å². The number of hydrogen-bond acceptors (Lipinski definition) is 4. The SMILES string of the molecule is N#Cc1ccc(OCC(=O)NNC(=O)c2ccc(Cl)cc2)cc1. The summed E-state index contributed by atoms with van der Waals surface area (Å²) < 4.78 is 5.23. The van der Waals surface area contributed by atoms with Gasteiger partial charge in [0.1, 0.15) is 5.75 Å². The molecule has 0 unspecified atom stereocenters. The fourth-order valence-corrected chi connectivity index (χ4v) is 1.74. The molecule has 0 saturated heterocycles. The highest BCUT2D eigenvalue weighted by Crippen LogP contribution is 2.11. The fraction of sp³-hybridized carbons (Fsp3) is 0.0625. The summed E-state index contributed by atoms with van der Waals surface area (Å²) in [6.45, 7) is -0.271. The van der Waals surface area contributed by atoms with Crippen molar-refractivity contribution in [1.82, 2.24) is 10.9 Å². The van der Waals surface area contributed by atoms with E-state index in [1.807, 2.05) is 6.07 Å². The molecule has 0 aliphatic carbocycles. The highest BCUT2D eigenvalue weighted by molar-refractivity contribution is 6.30. The van der Waals surface area contributed by atoms with Crippen molar-refractivity contribution in [3.63, 3.8) is 0 Å². The lowest BCUT2D eigenvalue weighted by Crippen LogP contribution is -2.43. The van der Waals surface area contributed by atoms with Crippen LogP contribution in [0.4, 0.5) is 0 Å². The number of hydrogen-bond donors (Lipinski definition) is 2. The van der Waals surface area contributed by atoms with Crippen molar-refractivity contribution in [2.45, 2.75) is 0 Å². The van der Waals surface area contributed by atoms with Crippen LogP contribution in [0.1, 0.15) is 15.9 Å². The predicted octanol–water partition coefficient (Wildman–Crippen LogP) is 2.05. The Morgan fingerprint density at radius 2 is 1.70 bits per heavy atom. The number of carbonyl (C=O) groups is 2. The summed E-state index contributed by atoms with van der Waals surface area (Å²) in [7, 11) is 0. The monoisotopic (exact) mass is 329 g/mol. The highest BCUT2D eigenvalue weighted by atomic mass is 35.5. The van der Waals surface area contributed by atoms with Crippen LogP contribution in [0.2, 0.25) is 5.02 Å². The number of rotatable bonds is 4. The Bertz CT molecular complexity index is 737. The molecule has 0 aliphatic rings. The van der Waals surface area contributed by atoms with Crippen molar-refractivity contribution in [3.8, 4) is 11.8 Å². The Hall–Kier alpha value is -3.04. The van der Waals surface area contributed by atoms with Gasteiger partial charge in [-0.15, -0.1) is 0 Å². The van der Waals surface area contributed by atoms with Crippen LogP contribution in [0.3, 0.4) is 0 Å². The van der Waals surface area contributed by atoms with Crippen LogP contribution in [0.25, 0.3) is 0 Å². The van der Waals surface area contributed by atoms with Crippen molar-refractivity contribution in [2.24, 2.45) is 0 Å². The van der Waals surface area contributed by atoms with E-state index in [0.717, 1.165) is 0 Å². The summed E-state index contributed by atoms with van der Waals surface area (Å²) in [5.74, 6) is -0.534. The molecule has 0 atom stereocenters. The van der Waals surface area contributed by atoms with Crippen molar-refractivity contribution >= 4 is 23.4 Å². The van der Waals surface area contributed by atoms with Gasteiger partial charge in [-0.05, 0) is 48.5 Å². The zero-order chi connectivity index (χ0) is 16.7. The third kappa shape index (κ3) is 5.02. The molecule has 0 spiro atoms. The Labute approximate surface area is 137 Å². The number of carbonyl (C=O) groups excluding carboxylic acids is 2. The van der Waals surface area contributed by atoms with Gasteiger partial charge in [-0.2, -0.15) is 5.26 Å². The lowest BCUT2D eigenvalue weighted by molar-refractivity contribution is -0.123. The maximum absolute atomic E-state index is 11.8. The van der Waals surface area contributed by atoms with Crippen molar-refractivity contribution in [2.75, 3.05) is 6.61 Å². The summed E-state index contributed by atoms with van der Waals surface area (Å²) in [6.07, 6.45) is 0. The summed E-state index contributed by atoms with van der Waals surface area (Å²) in [6, 6.07) is 14.5. The van der Waals surface area contributed by atoms with Gasteiger partial charge in [0.05, 0.1) is 11.6 Å². The van der Waals surface area contributed by atoms with Crippen LogP contribution < -0.4 is 15.6 Å². The van der Waals surface area contributed by atoms with Gasteiger partial charge in [0.2, 0.25) is 0 Å². The Morgan fingerprint density at radius 1 is 1.04 bits per heavy atom. The number of ether oxygens (including phenoxy) is 1. The van der Waals surface area contributed by atoms with E-state index in [1.165, 1.54) is 12.1 Å². The fourth-order valence-electron chi connectivity index (χ4n) is 1.61. The number of nitrogens with zero attached hydrogens (tertiary/aromatic N) is 1. The first-order valence-corrected chi connectivity index (χ1v) is 6.94. The molecular formula is C16H12ClN3O3. The molecule has 2 N–H and O–H groups in total. The minimum absolute atomic E-state index is 0.271. The van der Waals surface area contributed by atoms with Gasteiger partial charge in [0.25, 0.3) is 11.8 Å². The molecule has 0 fully saturated rings. The third-order valence-electron chi connectivity index (χ3n) is 2.78. The van der Waals surface area contributed by atoms with Gasteiger partial charge in [-0.1, -0.05) is 11.6 Å². The second kappa shape index (κ2) is 7.82. The van der Waals surface area contributed by atoms with E-state index in [1.54, 1.807) is 36.4 Å². The molecule has 7 heteroatoms. The smallest absolute Gasteiger partial charge is 0.276 e. The quantitative estimate of drug-likeness (QED) is 0.840. The molecule has 0 radical (unpaired) electrons.